The Morgan fingerprint density at radius 3 is 2.79 bits per heavy atom. The third-order valence-corrected chi connectivity index (χ3v) is 6.77. The lowest BCUT2D eigenvalue weighted by atomic mass is 9.92. The second-order valence-corrected chi connectivity index (χ2v) is 8.41. The van der Waals surface area contributed by atoms with Crippen LogP contribution in [0.3, 0.4) is 0 Å². The lowest BCUT2D eigenvalue weighted by Gasteiger charge is -2.16. The summed E-state index contributed by atoms with van der Waals surface area (Å²) in [6.07, 6.45) is 1.33. The van der Waals surface area contributed by atoms with Crippen LogP contribution in [0.5, 0.6) is 5.88 Å². The molecule has 130 valence electrons. The molecule has 2 aromatic rings. The first-order valence-electron chi connectivity index (χ1n) is 7.78. The van der Waals surface area contributed by atoms with Crippen molar-refractivity contribution in [2.24, 2.45) is 5.92 Å². The summed E-state index contributed by atoms with van der Waals surface area (Å²) < 4.78 is 32.4. The SMILES string of the molecule is CCOc1ccc(S(=O)(=O)N2C[C@H](CO)[C@@H](c3ccsc3)C2)cn1. The van der Waals surface area contributed by atoms with Gasteiger partial charge in [0.25, 0.3) is 0 Å². The number of pyridine rings is 1. The third kappa shape index (κ3) is 3.32. The van der Waals surface area contributed by atoms with Crippen LogP contribution in [-0.2, 0) is 10.0 Å². The molecule has 0 unspecified atom stereocenters. The Bertz CT molecular complexity index is 760. The third-order valence-electron chi connectivity index (χ3n) is 4.25. The summed E-state index contributed by atoms with van der Waals surface area (Å²) in [5, 5.41) is 13.6. The number of aliphatic hydroxyl groups is 1. The number of nitrogens with zero attached hydrogens (tertiary/aromatic N) is 2. The zero-order valence-electron chi connectivity index (χ0n) is 13.3. The summed E-state index contributed by atoms with van der Waals surface area (Å²) in [5.74, 6) is 0.332. The molecule has 0 spiro atoms. The molecule has 0 saturated carbocycles. The minimum atomic E-state index is -3.63. The van der Waals surface area contributed by atoms with Crippen LogP contribution in [-0.4, -0.2) is 49.1 Å². The van der Waals surface area contributed by atoms with Crippen LogP contribution in [0.4, 0.5) is 0 Å². The van der Waals surface area contributed by atoms with E-state index < -0.39 is 10.0 Å². The van der Waals surface area contributed by atoms with E-state index in [-0.39, 0.29) is 23.3 Å². The minimum Gasteiger partial charge on any atom is -0.478 e. The Hall–Kier alpha value is -1.48. The summed E-state index contributed by atoms with van der Waals surface area (Å²) in [6, 6.07) is 5.07. The monoisotopic (exact) mass is 368 g/mol. The van der Waals surface area contributed by atoms with Gasteiger partial charge in [0.1, 0.15) is 4.90 Å². The number of hydrogen-bond donors (Lipinski definition) is 1. The maximum Gasteiger partial charge on any atom is 0.244 e. The molecule has 24 heavy (non-hydrogen) atoms. The molecule has 6 nitrogen and oxygen atoms in total. The quantitative estimate of drug-likeness (QED) is 0.843. The summed E-state index contributed by atoms with van der Waals surface area (Å²) in [4.78, 5) is 4.19. The van der Waals surface area contributed by atoms with Crippen LogP contribution < -0.4 is 4.74 Å². The molecule has 2 atom stereocenters. The van der Waals surface area contributed by atoms with Gasteiger partial charge < -0.3 is 9.84 Å². The van der Waals surface area contributed by atoms with Gasteiger partial charge in [0, 0.05) is 37.6 Å². The number of ether oxygens (including phenoxy) is 1. The van der Waals surface area contributed by atoms with Crippen LogP contribution >= 0.6 is 11.3 Å². The van der Waals surface area contributed by atoms with E-state index in [0.29, 0.717) is 25.6 Å². The molecule has 0 bridgehead atoms. The summed E-state index contributed by atoms with van der Waals surface area (Å²) >= 11 is 1.58. The van der Waals surface area contributed by atoms with Crippen LogP contribution in [0.25, 0.3) is 0 Å². The Morgan fingerprint density at radius 2 is 2.21 bits per heavy atom. The Labute approximate surface area is 145 Å². The van der Waals surface area contributed by atoms with Crippen LogP contribution in [0.1, 0.15) is 18.4 Å². The van der Waals surface area contributed by atoms with Crippen molar-refractivity contribution in [3.63, 3.8) is 0 Å². The second kappa shape index (κ2) is 7.18. The van der Waals surface area contributed by atoms with Gasteiger partial charge in [-0.3, -0.25) is 0 Å². The molecule has 2 aromatic heterocycles. The van der Waals surface area contributed by atoms with Gasteiger partial charge in [-0.15, -0.1) is 0 Å². The lowest BCUT2D eigenvalue weighted by molar-refractivity contribution is 0.223. The molecule has 0 radical (unpaired) electrons. The van der Waals surface area contributed by atoms with Gasteiger partial charge in [0.2, 0.25) is 15.9 Å². The maximum absolute atomic E-state index is 12.8. The van der Waals surface area contributed by atoms with Crippen molar-refractivity contribution in [1.82, 2.24) is 9.29 Å². The largest absolute Gasteiger partial charge is 0.478 e. The average Bonchev–Trinajstić information content (AvgIpc) is 3.25. The molecule has 0 aliphatic carbocycles. The fourth-order valence-electron chi connectivity index (χ4n) is 2.98. The number of rotatable bonds is 6. The van der Waals surface area contributed by atoms with Gasteiger partial charge in [-0.05, 0) is 35.4 Å². The minimum absolute atomic E-state index is 0.0201. The molecular weight excluding hydrogens is 348 g/mol. The topological polar surface area (TPSA) is 79.7 Å². The first-order chi connectivity index (χ1) is 11.6. The van der Waals surface area contributed by atoms with E-state index in [1.807, 2.05) is 23.8 Å². The van der Waals surface area contributed by atoms with E-state index >= 15 is 0 Å². The van der Waals surface area contributed by atoms with Crippen LogP contribution in [0.15, 0.2) is 40.1 Å². The van der Waals surface area contributed by atoms with Gasteiger partial charge in [0.15, 0.2) is 0 Å². The highest BCUT2D eigenvalue weighted by Crippen LogP contribution is 2.36. The normalized spacial score (nSPS) is 21.9. The van der Waals surface area contributed by atoms with E-state index in [9.17, 15) is 13.5 Å². The smallest absolute Gasteiger partial charge is 0.244 e. The van der Waals surface area contributed by atoms with Gasteiger partial charge in [-0.1, -0.05) is 0 Å². The Morgan fingerprint density at radius 1 is 1.38 bits per heavy atom. The van der Waals surface area contributed by atoms with Crippen molar-refractivity contribution < 1.29 is 18.3 Å². The van der Waals surface area contributed by atoms with E-state index in [1.165, 1.54) is 16.6 Å². The summed E-state index contributed by atoms with van der Waals surface area (Å²) in [7, 11) is -3.63. The molecule has 1 fully saturated rings. The number of aliphatic hydroxyl groups excluding tert-OH is 1. The second-order valence-electron chi connectivity index (χ2n) is 5.69. The molecule has 1 aliphatic rings. The fraction of sp³-hybridized carbons (Fsp3) is 0.438. The van der Waals surface area contributed by atoms with Crippen molar-refractivity contribution in [3.8, 4) is 5.88 Å². The van der Waals surface area contributed by atoms with Crippen molar-refractivity contribution in [2.75, 3.05) is 26.3 Å². The zero-order valence-corrected chi connectivity index (χ0v) is 15.0. The molecule has 1 N–H and O–H groups in total. The first-order valence-corrected chi connectivity index (χ1v) is 10.2. The molecule has 0 aromatic carbocycles. The highest BCUT2D eigenvalue weighted by atomic mass is 32.2. The van der Waals surface area contributed by atoms with Crippen molar-refractivity contribution in [3.05, 3.63) is 40.7 Å². The molecule has 1 aliphatic heterocycles. The Kier molecular flexibility index (Phi) is 5.19. The Balaban J connectivity index is 1.82. The average molecular weight is 368 g/mol. The van der Waals surface area contributed by atoms with Crippen LogP contribution in [0, 0.1) is 5.92 Å². The van der Waals surface area contributed by atoms with Crippen molar-refractivity contribution >= 4 is 21.4 Å². The lowest BCUT2D eigenvalue weighted by Crippen LogP contribution is -2.29. The molecule has 0 amide bonds. The number of sulfonamides is 1. The molecule has 3 heterocycles. The molecule has 1 saturated heterocycles. The van der Waals surface area contributed by atoms with E-state index in [1.54, 1.807) is 17.4 Å². The predicted molar refractivity (Wildman–Crippen MR) is 91.8 cm³/mol. The standard InChI is InChI=1S/C16H20N2O4S2/c1-2-22-16-4-3-14(7-17-16)24(20,21)18-8-13(10-19)15(9-18)12-5-6-23-11-12/h3-7,11,13,15,19H,2,8-10H2,1H3/t13-,15-/m1/s1. The van der Waals surface area contributed by atoms with Gasteiger partial charge in [-0.25, -0.2) is 13.4 Å². The predicted octanol–water partition coefficient (Wildman–Crippen LogP) is 1.94. The first kappa shape index (κ1) is 17.3. The highest BCUT2D eigenvalue weighted by Gasteiger charge is 2.39. The number of hydrogen-bond acceptors (Lipinski definition) is 6. The van der Waals surface area contributed by atoms with E-state index in [2.05, 4.69) is 4.98 Å². The molecule has 8 heteroatoms. The van der Waals surface area contributed by atoms with Crippen molar-refractivity contribution in [2.45, 2.75) is 17.7 Å². The number of thiophene rings is 1. The molecular formula is C16H20N2O4S2. The van der Waals surface area contributed by atoms with Gasteiger partial charge in [0.05, 0.1) is 12.8 Å². The van der Waals surface area contributed by atoms with Crippen LogP contribution in [0.2, 0.25) is 0 Å². The fourth-order valence-corrected chi connectivity index (χ4v) is 5.17. The summed E-state index contributed by atoms with van der Waals surface area (Å²) in [6.45, 7) is 2.97. The highest BCUT2D eigenvalue weighted by molar-refractivity contribution is 7.89. The maximum atomic E-state index is 12.8. The van der Waals surface area contributed by atoms with Gasteiger partial charge in [-0.2, -0.15) is 15.6 Å². The van der Waals surface area contributed by atoms with Gasteiger partial charge >= 0.3 is 0 Å². The van der Waals surface area contributed by atoms with E-state index in [0.717, 1.165) is 5.56 Å². The van der Waals surface area contributed by atoms with Crippen molar-refractivity contribution in [1.29, 1.82) is 0 Å². The van der Waals surface area contributed by atoms with E-state index in [4.69, 9.17) is 4.74 Å². The summed E-state index contributed by atoms with van der Waals surface area (Å²) in [5.41, 5.74) is 1.08. The number of aromatic nitrogens is 1. The zero-order chi connectivity index (χ0) is 17.2. The molecule has 3 rings (SSSR count).